The van der Waals surface area contributed by atoms with E-state index in [1.54, 1.807) is 25.1 Å². The molecule has 1 N–H and O–H groups in total. The molecule has 2 aromatic carbocycles. The van der Waals surface area contributed by atoms with Crippen LogP contribution in [-0.2, 0) is 0 Å². The van der Waals surface area contributed by atoms with Crippen LogP contribution in [0.25, 0.3) is 0 Å². The lowest BCUT2D eigenvalue weighted by Gasteiger charge is -2.21. The number of phenolic OH excluding ortho intramolecular Hbond substituents is 1. The molecular weight excluding hydrogens is 273 g/mol. The van der Waals surface area contributed by atoms with Crippen molar-refractivity contribution in [1.82, 2.24) is 0 Å². The predicted molar refractivity (Wildman–Crippen MR) is 78.4 cm³/mol. The molecule has 0 saturated heterocycles. The molecule has 0 heterocycles. The van der Waals surface area contributed by atoms with Crippen LogP contribution in [0, 0.1) is 5.82 Å². The number of ether oxygens (including phenoxy) is 1. The number of carbonyl (C=O) groups excluding carboxylic acids is 1. The second-order valence-electron chi connectivity index (χ2n) is 4.42. The molecule has 1 amide bonds. The fourth-order valence-corrected chi connectivity index (χ4v) is 2.07. The minimum Gasteiger partial charge on any atom is -0.504 e. The number of amides is 1. The summed E-state index contributed by atoms with van der Waals surface area (Å²) in [4.78, 5) is 13.9. The Morgan fingerprint density at radius 1 is 1.29 bits per heavy atom. The van der Waals surface area contributed by atoms with E-state index in [9.17, 15) is 14.3 Å². The largest absolute Gasteiger partial charge is 0.504 e. The third-order valence-electron chi connectivity index (χ3n) is 3.11. The highest BCUT2D eigenvalue weighted by atomic mass is 19.1. The first kappa shape index (κ1) is 14.8. The number of halogens is 1. The zero-order chi connectivity index (χ0) is 15.4. The monoisotopic (exact) mass is 289 g/mol. The third-order valence-corrected chi connectivity index (χ3v) is 3.11. The lowest BCUT2D eigenvalue weighted by molar-refractivity contribution is 0.0988. The van der Waals surface area contributed by atoms with Gasteiger partial charge < -0.3 is 14.7 Å². The van der Waals surface area contributed by atoms with Crippen LogP contribution in [0.5, 0.6) is 11.5 Å². The van der Waals surface area contributed by atoms with E-state index < -0.39 is 5.82 Å². The van der Waals surface area contributed by atoms with Crippen molar-refractivity contribution in [2.75, 3.05) is 18.6 Å². The van der Waals surface area contributed by atoms with Gasteiger partial charge in [0.05, 0.1) is 7.11 Å². The van der Waals surface area contributed by atoms with Crippen LogP contribution in [0.1, 0.15) is 17.3 Å². The van der Waals surface area contributed by atoms with Crippen LogP contribution in [0.3, 0.4) is 0 Å². The van der Waals surface area contributed by atoms with Gasteiger partial charge in [-0.25, -0.2) is 4.39 Å². The highest BCUT2D eigenvalue weighted by molar-refractivity contribution is 6.06. The molecule has 0 fully saturated rings. The number of carbonyl (C=O) groups is 1. The second-order valence-corrected chi connectivity index (χ2v) is 4.42. The van der Waals surface area contributed by atoms with Crippen molar-refractivity contribution in [2.45, 2.75) is 6.92 Å². The van der Waals surface area contributed by atoms with Crippen molar-refractivity contribution < 1.29 is 19.0 Å². The van der Waals surface area contributed by atoms with Gasteiger partial charge in [-0.05, 0) is 43.3 Å². The smallest absolute Gasteiger partial charge is 0.258 e. The Balaban J connectivity index is 2.34. The molecule has 0 saturated carbocycles. The molecule has 0 unspecified atom stereocenters. The topological polar surface area (TPSA) is 49.8 Å². The normalized spacial score (nSPS) is 10.2. The number of phenols is 1. The van der Waals surface area contributed by atoms with Gasteiger partial charge in [-0.3, -0.25) is 4.79 Å². The molecule has 0 spiro atoms. The molecule has 110 valence electrons. The van der Waals surface area contributed by atoms with E-state index in [1.165, 1.54) is 36.3 Å². The van der Waals surface area contributed by atoms with E-state index in [0.717, 1.165) is 0 Å². The number of nitrogens with zero attached hydrogens (tertiary/aromatic N) is 1. The number of aromatic hydroxyl groups is 1. The molecule has 0 aromatic heterocycles. The van der Waals surface area contributed by atoms with Gasteiger partial charge in [0.15, 0.2) is 11.5 Å². The average Bonchev–Trinajstić information content (AvgIpc) is 2.48. The Labute approximate surface area is 122 Å². The van der Waals surface area contributed by atoms with Gasteiger partial charge in [-0.1, -0.05) is 6.07 Å². The van der Waals surface area contributed by atoms with Crippen LogP contribution in [0.15, 0.2) is 42.5 Å². The fraction of sp³-hybridized carbons (Fsp3) is 0.188. The summed E-state index contributed by atoms with van der Waals surface area (Å²) in [5.74, 6) is -0.545. The van der Waals surface area contributed by atoms with Crippen molar-refractivity contribution in [3.05, 3.63) is 53.8 Å². The lowest BCUT2D eigenvalue weighted by atomic mass is 10.1. The van der Waals surface area contributed by atoms with E-state index in [2.05, 4.69) is 0 Å². The van der Waals surface area contributed by atoms with Crippen LogP contribution in [-0.4, -0.2) is 24.7 Å². The van der Waals surface area contributed by atoms with E-state index in [0.29, 0.717) is 23.5 Å². The molecule has 0 bridgehead atoms. The van der Waals surface area contributed by atoms with Crippen molar-refractivity contribution in [3.63, 3.8) is 0 Å². The molecule has 0 atom stereocenters. The third kappa shape index (κ3) is 3.13. The first-order valence-electron chi connectivity index (χ1n) is 6.51. The van der Waals surface area contributed by atoms with Crippen molar-refractivity contribution in [3.8, 4) is 11.5 Å². The molecule has 21 heavy (non-hydrogen) atoms. The van der Waals surface area contributed by atoms with Crippen LogP contribution >= 0.6 is 0 Å². The number of rotatable bonds is 4. The Bertz CT molecular complexity index is 658. The highest BCUT2D eigenvalue weighted by Crippen LogP contribution is 2.27. The number of methoxy groups -OCH3 is 1. The molecular formula is C16H16FNO3. The summed E-state index contributed by atoms with van der Waals surface area (Å²) in [6, 6.07) is 10.2. The summed E-state index contributed by atoms with van der Waals surface area (Å²) in [6.45, 7) is 2.18. The summed E-state index contributed by atoms with van der Waals surface area (Å²) >= 11 is 0. The fourth-order valence-electron chi connectivity index (χ4n) is 2.07. The highest BCUT2D eigenvalue weighted by Gasteiger charge is 2.18. The zero-order valence-electron chi connectivity index (χ0n) is 11.8. The maximum atomic E-state index is 13.3. The summed E-state index contributed by atoms with van der Waals surface area (Å²) in [7, 11) is 1.43. The predicted octanol–water partition coefficient (Wildman–Crippen LogP) is 3.21. The number of hydrogen-bond acceptors (Lipinski definition) is 3. The van der Waals surface area contributed by atoms with Crippen LogP contribution in [0.2, 0.25) is 0 Å². The zero-order valence-corrected chi connectivity index (χ0v) is 11.8. The van der Waals surface area contributed by atoms with Gasteiger partial charge in [0.25, 0.3) is 5.91 Å². The molecule has 5 heteroatoms. The summed E-state index contributed by atoms with van der Waals surface area (Å²) in [5.41, 5.74) is 0.775. The van der Waals surface area contributed by atoms with Gasteiger partial charge >= 0.3 is 0 Å². The molecule has 2 rings (SSSR count). The second kappa shape index (κ2) is 6.26. The number of anilines is 1. The Morgan fingerprint density at radius 2 is 2.05 bits per heavy atom. The van der Waals surface area contributed by atoms with E-state index in [1.807, 2.05) is 0 Å². The maximum Gasteiger partial charge on any atom is 0.258 e. The SMILES string of the molecule is CCN(C(=O)c1ccc(OC)c(O)c1)c1cccc(F)c1. The molecule has 0 aliphatic rings. The first-order valence-corrected chi connectivity index (χ1v) is 6.51. The Kier molecular flexibility index (Phi) is 4.42. The molecule has 0 radical (unpaired) electrons. The molecule has 2 aromatic rings. The van der Waals surface area contributed by atoms with Crippen LogP contribution in [0.4, 0.5) is 10.1 Å². The van der Waals surface area contributed by atoms with Crippen molar-refractivity contribution >= 4 is 11.6 Å². The number of hydrogen-bond donors (Lipinski definition) is 1. The van der Waals surface area contributed by atoms with Gasteiger partial charge in [-0.15, -0.1) is 0 Å². The molecule has 0 aliphatic heterocycles. The van der Waals surface area contributed by atoms with Gasteiger partial charge in [0.1, 0.15) is 5.82 Å². The van der Waals surface area contributed by atoms with E-state index in [4.69, 9.17) is 4.74 Å². The van der Waals surface area contributed by atoms with Crippen LogP contribution < -0.4 is 9.64 Å². The van der Waals surface area contributed by atoms with E-state index in [-0.39, 0.29) is 11.7 Å². The van der Waals surface area contributed by atoms with Gasteiger partial charge in [0, 0.05) is 17.8 Å². The maximum absolute atomic E-state index is 13.3. The quantitative estimate of drug-likeness (QED) is 0.940. The average molecular weight is 289 g/mol. The van der Waals surface area contributed by atoms with E-state index >= 15 is 0 Å². The summed E-state index contributed by atoms with van der Waals surface area (Å²) < 4.78 is 18.2. The van der Waals surface area contributed by atoms with Crippen molar-refractivity contribution in [1.29, 1.82) is 0 Å². The molecule has 0 aliphatic carbocycles. The summed E-state index contributed by atoms with van der Waals surface area (Å²) in [6.07, 6.45) is 0. The Hall–Kier alpha value is -2.56. The van der Waals surface area contributed by atoms with Gasteiger partial charge in [0.2, 0.25) is 0 Å². The number of benzene rings is 2. The summed E-state index contributed by atoms with van der Waals surface area (Å²) in [5, 5.41) is 9.75. The molecule has 4 nitrogen and oxygen atoms in total. The van der Waals surface area contributed by atoms with Gasteiger partial charge in [-0.2, -0.15) is 0 Å². The van der Waals surface area contributed by atoms with Crippen molar-refractivity contribution in [2.24, 2.45) is 0 Å². The first-order chi connectivity index (χ1) is 10.1. The Morgan fingerprint density at radius 3 is 2.62 bits per heavy atom. The lowest BCUT2D eigenvalue weighted by Crippen LogP contribution is -2.30. The minimum absolute atomic E-state index is 0.112. The minimum atomic E-state index is -0.406. The standard InChI is InChI=1S/C16H16FNO3/c1-3-18(13-6-4-5-12(17)10-13)16(20)11-7-8-15(21-2)14(19)9-11/h4-10,19H,3H2,1-2H3.